The van der Waals surface area contributed by atoms with Gasteiger partial charge in [0.1, 0.15) is 6.61 Å². The fourth-order valence-corrected chi connectivity index (χ4v) is 1.86. The van der Waals surface area contributed by atoms with Crippen LogP contribution in [-0.2, 0) is 4.74 Å². The summed E-state index contributed by atoms with van der Waals surface area (Å²) in [5, 5.41) is 11.3. The van der Waals surface area contributed by atoms with Crippen LogP contribution in [0.1, 0.15) is 27.7 Å². The molecule has 1 aliphatic carbocycles. The molecule has 4 nitrogen and oxygen atoms in total. The molecule has 0 aliphatic heterocycles. The van der Waals surface area contributed by atoms with Gasteiger partial charge in [-0.05, 0) is 10.8 Å². The molecule has 0 aromatic carbocycles. The van der Waals surface area contributed by atoms with Crippen LogP contribution in [0.25, 0.3) is 0 Å². The van der Waals surface area contributed by atoms with Gasteiger partial charge in [0.2, 0.25) is 0 Å². The molecule has 1 aliphatic rings. The van der Waals surface area contributed by atoms with E-state index in [2.05, 4.69) is 33.0 Å². The van der Waals surface area contributed by atoms with Gasteiger partial charge in [-0.25, -0.2) is 4.79 Å². The van der Waals surface area contributed by atoms with Crippen molar-refractivity contribution in [2.24, 2.45) is 10.8 Å². The molecule has 4 heteroatoms. The molecule has 0 atom stereocenters. The molecule has 2 N–H and O–H groups in total. The molecule has 0 aromatic rings. The zero-order valence-corrected chi connectivity index (χ0v) is 9.26. The van der Waals surface area contributed by atoms with E-state index in [9.17, 15) is 4.79 Å². The molecule has 82 valence electrons. The van der Waals surface area contributed by atoms with E-state index in [1.54, 1.807) is 0 Å². The number of aliphatic hydroxyl groups is 1. The van der Waals surface area contributed by atoms with Crippen molar-refractivity contribution in [3.8, 4) is 0 Å². The lowest BCUT2D eigenvalue weighted by atomic mass is 10.0. The summed E-state index contributed by atoms with van der Waals surface area (Å²) in [7, 11) is 0. The third-order valence-electron chi connectivity index (χ3n) is 3.61. The van der Waals surface area contributed by atoms with Crippen LogP contribution < -0.4 is 5.32 Å². The highest BCUT2D eigenvalue weighted by molar-refractivity contribution is 5.68. The van der Waals surface area contributed by atoms with E-state index in [1.807, 2.05) is 0 Å². The van der Waals surface area contributed by atoms with Crippen molar-refractivity contribution in [2.75, 3.05) is 13.2 Å². The second kappa shape index (κ2) is 3.42. The summed E-state index contributed by atoms with van der Waals surface area (Å²) in [5.41, 5.74) is 0.233. The monoisotopic (exact) mass is 201 g/mol. The average Bonchev–Trinajstić information content (AvgIpc) is 2.44. The fraction of sp³-hybridized carbons (Fsp3) is 0.900. The Labute approximate surface area is 84.6 Å². The van der Waals surface area contributed by atoms with Crippen LogP contribution in [0.3, 0.4) is 0 Å². The molecule has 0 saturated heterocycles. The van der Waals surface area contributed by atoms with Crippen LogP contribution >= 0.6 is 0 Å². The minimum Gasteiger partial charge on any atom is -0.447 e. The first-order chi connectivity index (χ1) is 6.34. The number of hydrogen-bond donors (Lipinski definition) is 2. The number of carbonyl (C=O) groups is 1. The first-order valence-electron chi connectivity index (χ1n) is 4.88. The Kier molecular flexibility index (Phi) is 2.76. The Hall–Kier alpha value is -0.770. The predicted octanol–water partition coefficient (Wildman–Crippen LogP) is 1.14. The maximum absolute atomic E-state index is 11.2. The van der Waals surface area contributed by atoms with Gasteiger partial charge in [0.25, 0.3) is 0 Å². The highest BCUT2D eigenvalue weighted by Crippen LogP contribution is 2.62. The van der Waals surface area contributed by atoms with Crippen LogP contribution in [0.5, 0.6) is 0 Å². The Bertz CT molecular complexity index is 222. The molecule has 14 heavy (non-hydrogen) atoms. The first kappa shape index (κ1) is 11.3. The Morgan fingerprint density at radius 3 is 2.21 bits per heavy atom. The lowest BCUT2D eigenvalue weighted by molar-refractivity contribution is 0.117. The maximum atomic E-state index is 11.2. The smallest absolute Gasteiger partial charge is 0.407 e. The van der Waals surface area contributed by atoms with E-state index in [0.717, 1.165) is 0 Å². The molecule has 0 spiro atoms. The molecular formula is C10H19NO3. The van der Waals surface area contributed by atoms with Gasteiger partial charge in [0.05, 0.1) is 6.61 Å². The van der Waals surface area contributed by atoms with E-state index >= 15 is 0 Å². The Balaban J connectivity index is 2.37. The number of aliphatic hydroxyl groups excluding tert-OH is 1. The highest BCUT2D eigenvalue weighted by atomic mass is 16.6. The van der Waals surface area contributed by atoms with Crippen molar-refractivity contribution in [1.82, 2.24) is 5.32 Å². The number of ether oxygens (including phenoxy) is 1. The van der Waals surface area contributed by atoms with Crippen molar-refractivity contribution in [3.05, 3.63) is 0 Å². The van der Waals surface area contributed by atoms with Crippen molar-refractivity contribution < 1.29 is 14.6 Å². The van der Waals surface area contributed by atoms with Crippen molar-refractivity contribution in [2.45, 2.75) is 33.7 Å². The third-order valence-corrected chi connectivity index (χ3v) is 3.61. The summed E-state index contributed by atoms with van der Waals surface area (Å²) in [6.07, 6.45) is -0.442. The quantitative estimate of drug-likeness (QED) is 0.720. The van der Waals surface area contributed by atoms with Gasteiger partial charge >= 0.3 is 6.09 Å². The average molecular weight is 201 g/mol. The predicted molar refractivity (Wildman–Crippen MR) is 52.9 cm³/mol. The van der Waals surface area contributed by atoms with E-state index in [-0.39, 0.29) is 30.1 Å². The van der Waals surface area contributed by atoms with Crippen LogP contribution in [0.4, 0.5) is 4.79 Å². The largest absolute Gasteiger partial charge is 0.447 e. The second-order valence-corrected chi connectivity index (χ2v) is 4.88. The molecule has 0 aromatic heterocycles. The molecule has 0 heterocycles. The van der Waals surface area contributed by atoms with Gasteiger partial charge < -0.3 is 15.2 Å². The molecule has 0 bridgehead atoms. The number of amides is 1. The zero-order chi connectivity index (χ0) is 11.0. The van der Waals surface area contributed by atoms with Crippen molar-refractivity contribution in [3.63, 3.8) is 0 Å². The number of carbonyl (C=O) groups excluding carboxylic acids is 1. The summed E-state index contributed by atoms with van der Waals surface area (Å²) in [5.74, 6) is 0. The van der Waals surface area contributed by atoms with Gasteiger partial charge in [-0.3, -0.25) is 0 Å². The van der Waals surface area contributed by atoms with Gasteiger partial charge in [-0.15, -0.1) is 0 Å². The van der Waals surface area contributed by atoms with E-state index in [0.29, 0.717) is 0 Å². The molecule has 1 amide bonds. The molecule has 1 fully saturated rings. The molecule has 0 radical (unpaired) electrons. The summed E-state index contributed by atoms with van der Waals surface area (Å²) in [6.45, 7) is 8.38. The second-order valence-electron chi connectivity index (χ2n) is 4.88. The maximum Gasteiger partial charge on any atom is 0.407 e. The van der Waals surface area contributed by atoms with Crippen molar-refractivity contribution >= 4 is 6.09 Å². The topological polar surface area (TPSA) is 58.6 Å². The Morgan fingerprint density at radius 2 is 1.86 bits per heavy atom. The first-order valence-corrected chi connectivity index (χ1v) is 4.88. The van der Waals surface area contributed by atoms with Crippen LogP contribution in [-0.4, -0.2) is 30.5 Å². The number of rotatable bonds is 3. The lowest BCUT2D eigenvalue weighted by Gasteiger charge is -2.06. The van der Waals surface area contributed by atoms with E-state index in [4.69, 9.17) is 9.84 Å². The lowest BCUT2D eigenvalue weighted by Crippen LogP contribution is -2.31. The minimum absolute atomic E-state index is 0.0550. The summed E-state index contributed by atoms with van der Waals surface area (Å²) >= 11 is 0. The third kappa shape index (κ3) is 1.71. The summed E-state index contributed by atoms with van der Waals surface area (Å²) in [6, 6.07) is 0.154. The van der Waals surface area contributed by atoms with Gasteiger partial charge in [-0.2, -0.15) is 0 Å². The standard InChI is InChI=1S/C10H19NO3/c1-9(2)7(10(9,3)4)11-8(13)14-6-5-12/h7,12H,5-6H2,1-4H3,(H,11,13). The van der Waals surface area contributed by atoms with Crippen LogP contribution in [0.15, 0.2) is 0 Å². The molecular weight excluding hydrogens is 182 g/mol. The van der Waals surface area contributed by atoms with E-state index in [1.165, 1.54) is 0 Å². The zero-order valence-electron chi connectivity index (χ0n) is 9.26. The number of hydrogen-bond acceptors (Lipinski definition) is 3. The highest BCUT2D eigenvalue weighted by Gasteiger charge is 2.65. The minimum atomic E-state index is -0.442. The molecule has 0 unspecified atom stereocenters. The van der Waals surface area contributed by atoms with E-state index < -0.39 is 6.09 Å². The Morgan fingerprint density at radius 1 is 1.36 bits per heavy atom. The molecule has 1 rings (SSSR count). The summed E-state index contributed by atoms with van der Waals surface area (Å²) < 4.78 is 4.73. The van der Waals surface area contributed by atoms with Crippen molar-refractivity contribution in [1.29, 1.82) is 0 Å². The number of alkyl carbamates (subject to hydrolysis) is 1. The molecule has 1 saturated carbocycles. The van der Waals surface area contributed by atoms with Crippen LogP contribution in [0, 0.1) is 10.8 Å². The normalized spacial score (nSPS) is 22.9. The van der Waals surface area contributed by atoms with Crippen LogP contribution in [0.2, 0.25) is 0 Å². The summed E-state index contributed by atoms with van der Waals surface area (Å²) in [4.78, 5) is 11.2. The van der Waals surface area contributed by atoms with Gasteiger partial charge in [0.15, 0.2) is 0 Å². The number of nitrogens with one attached hydrogen (secondary N) is 1. The van der Waals surface area contributed by atoms with Gasteiger partial charge in [-0.1, -0.05) is 27.7 Å². The fourth-order valence-electron chi connectivity index (χ4n) is 1.86. The van der Waals surface area contributed by atoms with Gasteiger partial charge in [0, 0.05) is 6.04 Å². The SMILES string of the molecule is CC1(C)C(NC(=O)OCCO)C1(C)C.